The Morgan fingerprint density at radius 1 is 1.03 bits per heavy atom. The zero-order valence-corrected chi connectivity index (χ0v) is 17.1. The van der Waals surface area contributed by atoms with E-state index in [-0.39, 0.29) is 11.7 Å². The lowest BCUT2D eigenvalue weighted by Gasteiger charge is -2.15. The van der Waals surface area contributed by atoms with Gasteiger partial charge in [-0.15, -0.1) is 11.8 Å². The number of hydrogen-bond donors (Lipinski definition) is 1. The number of thioether (sulfide) groups is 1. The summed E-state index contributed by atoms with van der Waals surface area (Å²) >= 11 is 1.45. The largest absolute Gasteiger partial charge is 0.452 e. The molecule has 0 unspecified atom stereocenters. The fourth-order valence-electron chi connectivity index (χ4n) is 3.63. The molecule has 5 heteroatoms. The van der Waals surface area contributed by atoms with Crippen LogP contribution in [0.4, 0.5) is 5.69 Å². The first kappa shape index (κ1) is 19.5. The number of anilines is 1. The molecular formula is C24H23NO3S. The summed E-state index contributed by atoms with van der Waals surface area (Å²) < 4.78 is 5.34. The van der Waals surface area contributed by atoms with E-state index in [0.717, 1.165) is 28.5 Å². The highest BCUT2D eigenvalue weighted by Gasteiger charge is 2.19. The van der Waals surface area contributed by atoms with Gasteiger partial charge in [-0.2, -0.15) is 0 Å². The first-order valence-corrected chi connectivity index (χ1v) is 10.8. The molecule has 0 saturated heterocycles. The van der Waals surface area contributed by atoms with Crippen molar-refractivity contribution < 1.29 is 14.3 Å². The summed E-state index contributed by atoms with van der Waals surface area (Å²) in [6.07, 6.45) is 2.60. The topological polar surface area (TPSA) is 55.4 Å². The number of esters is 1. The maximum absolute atomic E-state index is 12.5. The number of benzene rings is 3. The van der Waals surface area contributed by atoms with Crippen molar-refractivity contribution in [2.75, 3.05) is 11.1 Å². The molecule has 0 bridgehead atoms. The third-order valence-corrected chi connectivity index (χ3v) is 6.12. The van der Waals surface area contributed by atoms with Crippen molar-refractivity contribution >= 4 is 40.1 Å². The van der Waals surface area contributed by atoms with Crippen LogP contribution in [-0.2, 0) is 27.2 Å². The lowest BCUT2D eigenvalue weighted by atomic mass is 10.1. The van der Waals surface area contributed by atoms with Crippen molar-refractivity contribution in [2.45, 2.75) is 37.2 Å². The van der Waals surface area contributed by atoms with Gasteiger partial charge in [-0.05, 0) is 60.9 Å². The Labute approximate surface area is 174 Å². The number of amides is 1. The second-order valence-corrected chi connectivity index (χ2v) is 8.27. The van der Waals surface area contributed by atoms with Crippen molar-refractivity contribution in [1.29, 1.82) is 0 Å². The van der Waals surface area contributed by atoms with Gasteiger partial charge in [0.05, 0.1) is 5.75 Å². The van der Waals surface area contributed by atoms with Gasteiger partial charge in [-0.3, -0.25) is 9.59 Å². The number of hydrogen-bond acceptors (Lipinski definition) is 4. The molecule has 0 aromatic heterocycles. The molecule has 1 N–H and O–H groups in total. The molecule has 1 atom stereocenters. The number of nitrogens with one attached hydrogen (secondary N) is 1. The van der Waals surface area contributed by atoms with Gasteiger partial charge in [0.2, 0.25) is 0 Å². The monoisotopic (exact) mass is 405 g/mol. The molecular weight excluding hydrogens is 382 g/mol. The van der Waals surface area contributed by atoms with E-state index in [9.17, 15) is 9.59 Å². The van der Waals surface area contributed by atoms with Gasteiger partial charge in [0.25, 0.3) is 5.91 Å². The van der Waals surface area contributed by atoms with E-state index in [4.69, 9.17) is 4.74 Å². The van der Waals surface area contributed by atoms with E-state index in [1.54, 1.807) is 6.92 Å². The van der Waals surface area contributed by atoms with Crippen LogP contribution in [0.2, 0.25) is 0 Å². The zero-order valence-electron chi connectivity index (χ0n) is 16.3. The van der Waals surface area contributed by atoms with E-state index < -0.39 is 12.1 Å². The normalized spacial score (nSPS) is 13.7. The Morgan fingerprint density at radius 2 is 1.83 bits per heavy atom. The predicted molar refractivity (Wildman–Crippen MR) is 117 cm³/mol. The van der Waals surface area contributed by atoms with E-state index in [1.807, 2.05) is 42.5 Å². The highest BCUT2D eigenvalue weighted by Crippen LogP contribution is 2.28. The highest BCUT2D eigenvalue weighted by molar-refractivity contribution is 8.00. The molecule has 3 aromatic rings. The standard InChI is InChI=1S/C24H23NO3S/c1-16(24(27)25-22-11-5-8-18-6-2-3-10-21(18)22)28-23(26)15-29-20-13-12-17-7-4-9-19(17)14-20/h2-3,5-6,8,10-14,16H,4,7,9,15H2,1H3,(H,25,27)/t16-/m1/s1. The van der Waals surface area contributed by atoms with Crippen LogP contribution in [-0.4, -0.2) is 23.7 Å². The van der Waals surface area contributed by atoms with Crippen molar-refractivity contribution in [3.63, 3.8) is 0 Å². The Hall–Kier alpha value is -2.79. The molecule has 0 aliphatic heterocycles. The first-order chi connectivity index (χ1) is 14.1. The van der Waals surface area contributed by atoms with E-state index in [1.165, 1.54) is 29.3 Å². The molecule has 29 heavy (non-hydrogen) atoms. The van der Waals surface area contributed by atoms with E-state index in [0.29, 0.717) is 5.69 Å². The lowest BCUT2D eigenvalue weighted by Crippen LogP contribution is -2.30. The number of carbonyl (C=O) groups is 2. The molecule has 148 valence electrons. The van der Waals surface area contributed by atoms with Gasteiger partial charge in [-0.1, -0.05) is 42.5 Å². The Balaban J connectivity index is 1.31. The van der Waals surface area contributed by atoms with Crippen LogP contribution < -0.4 is 5.32 Å². The quantitative estimate of drug-likeness (QED) is 0.464. The lowest BCUT2D eigenvalue weighted by molar-refractivity contribution is -0.150. The maximum Gasteiger partial charge on any atom is 0.317 e. The summed E-state index contributed by atoms with van der Waals surface area (Å²) in [5, 5.41) is 4.86. The van der Waals surface area contributed by atoms with Gasteiger partial charge >= 0.3 is 5.97 Å². The van der Waals surface area contributed by atoms with Crippen molar-refractivity contribution in [3.8, 4) is 0 Å². The Bertz CT molecular complexity index is 1060. The minimum atomic E-state index is -0.859. The zero-order chi connectivity index (χ0) is 20.2. The fourth-order valence-corrected chi connectivity index (χ4v) is 4.38. The third-order valence-electron chi connectivity index (χ3n) is 5.15. The van der Waals surface area contributed by atoms with Crippen molar-refractivity contribution in [2.24, 2.45) is 0 Å². The number of carbonyl (C=O) groups excluding carboxylic acids is 2. The van der Waals surface area contributed by atoms with Gasteiger partial charge < -0.3 is 10.1 Å². The summed E-state index contributed by atoms with van der Waals surface area (Å²) in [5.41, 5.74) is 3.50. The molecule has 1 aliphatic carbocycles. The van der Waals surface area contributed by atoms with E-state index >= 15 is 0 Å². The van der Waals surface area contributed by atoms with Gasteiger partial charge in [0.1, 0.15) is 0 Å². The Morgan fingerprint density at radius 3 is 2.72 bits per heavy atom. The molecule has 4 nitrogen and oxygen atoms in total. The molecule has 0 spiro atoms. The van der Waals surface area contributed by atoms with E-state index in [2.05, 4.69) is 23.5 Å². The van der Waals surface area contributed by atoms with Crippen molar-refractivity contribution in [3.05, 3.63) is 71.8 Å². The maximum atomic E-state index is 12.5. The molecule has 4 rings (SSSR count). The third kappa shape index (κ3) is 4.62. The predicted octanol–water partition coefficient (Wildman–Crippen LogP) is 4.99. The second kappa shape index (κ2) is 8.70. The summed E-state index contributed by atoms with van der Waals surface area (Å²) in [6, 6.07) is 19.9. The summed E-state index contributed by atoms with van der Waals surface area (Å²) in [5.74, 6) is -0.543. The average molecular weight is 406 g/mol. The summed E-state index contributed by atoms with van der Waals surface area (Å²) in [4.78, 5) is 25.8. The second-order valence-electron chi connectivity index (χ2n) is 7.22. The number of rotatable bonds is 6. The minimum Gasteiger partial charge on any atom is -0.452 e. The van der Waals surface area contributed by atoms with Gasteiger partial charge in [-0.25, -0.2) is 0 Å². The summed E-state index contributed by atoms with van der Waals surface area (Å²) in [6.45, 7) is 1.60. The molecule has 1 aliphatic rings. The molecule has 0 fully saturated rings. The van der Waals surface area contributed by atoms with Crippen LogP contribution in [0.25, 0.3) is 10.8 Å². The summed E-state index contributed by atoms with van der Waals surface area (Å²) in [7, 11) is 0. The molecule has 0 heterocycles. The SMILES string of the molecule is C[C@@H](OC(=O)CSc1ccc2c(c1)CCC2)C(=O)Nc1cccc2ccccc12. The van der Waals surface area contributed by atoms with Crippen LogP contribution in [0.1, 0.15) is 24.5 Å². The van der Waals surface area contributed by atoms with Gasteiger partial charge in [0, 0.05) is 16.0 Å². The average Bonchev–Trinajstić information content (AvgIpc) is 3.20. The molecule has 3 aromatic carbocycles. The number of aryl methyl sites for hydroxylation is 2. The van der Waals surface area contributed by atoms with Crippen LogP contribution in [0.15, 0.2) is 65.6 Å². The minimum absolute atomic E-state index is 0.185. The Kier molecular flexibility index (Phi) is 5.86. The molecule has 0 saturated carbocycles. The first-order valence-electron chi connectivity index (χ1n) is 9.83. The van der Waals surface area contributed by atoms with Crippen molar-refractivity contribution in [1.82, 2.24) is 0 Å². The number of fused-ring (bicyclic) bond motifs is 2. The van der Waals surface area contributed by atoms with Crippen LogP contribution >= 0.6 is 11.8 Å². The fraction of sp³-hybridized carbons (Fsp3) is 0.250. The molecule has 1 amide bonds. The number of ether oxygens (including phenoxy) is 1. The van der Waals surface area contributed by atoms with Gasteiger partial charge in [0.15, 0.2) is 6.10 Å². The molecule has 0 radical (unpaired) electrons. The highest BCUT2D eigenvalue weighted by atomic mass is 32.2. The van der Waals surface area contributed by atoms with Crippen LogP contribution in [0.5, 0.6) is 0 Å². The smallest absolute Gasteiger partial charge is 0.317 e. The van der Waals surface area contributed by atoms with Crippen LogP contribution in [0.3, 0.4) is 0 Å². The van der Waals surface area contributed by atoms with Crippen LogP contribution in [0, 0.1) is 0 Å².